The van der Waals surface area contributed by atoms with E-state index in [0.29, 0.717) is 0 Å². The van der Waals surface area contributed by atoms with Crippen molar-refractivity contribution in [2.24, 2.45) is 0 Å². The first-order valence-corrected chi connectivity index (χ1v) is 3.35. The molecule has 0 aliphatic rings. The van der Waals surface area contributed by atoms with Crippen LogP contribution in [0.2, 0.25) is 0 Å². The summed E-state index contributed by atoms with van der Waals surface area (Å²) in [6.45, 7) is 4.08. The molecular weight excluding hydrogens is 151 g/mol. The van der Waals surface area contributed by atoms with E-state index in [-0.39, 0.29) is 29.6 Å². The summed E-state index contributed by atoms with van der Waals surface area (Å²) in [5.74, 6) is 0. The van der Waals surface area contributed by atoms with Gasteiger partial charge in [-0.3, -0.25) is 0 Å². The molecule has 0 aliphatic heterocycles. The fourth-order valence-electron chi connectivity index (χ4n) is 0.707. The van der Waals surface area contributed by atoms with Gasteiger partial charge in [0.2, 0.25) is 0 Å². The van der Waals surface area contributed by atoms with Gasteiger partial charge in [0, 0.05) is 0 Å². The fraction of sp³-hybridized carbons (Fsp3) is 0.250. The normalized spacial score (nSPS) is 8.60. The molecule has 0 fully saturated rings. The number of rotatable bonds is 0. The van der Waals surface area contributed by atoms with E-state index in [0.717, 1.165) is 4.90 Å². The van der Waals surface area contributed by atoms with Gasteiger partial charge in [-0.05, 0) is 13.8 Å². The van der Waals surface area contributed by atoms with Crippen LogP contribution in [-0.4, -0.2) is 0 Å². The van der Waals surface area contributed by atoms with E-state index >= 15 is 0 Å². The Morgan fingerprint density at radius 1 is 1.20 bits per heavy atom. The Kier molecular flexibility index (Phi) is 4.54. The average Bonchev–Trinajstić information content (AvgIpc) is 1.80. The maximum atomic E-state index is 5.04. The van der Waals surface area contributed by atoms with Gasteiger partial charge in [0.05, 0.1) is 0 Å². The van der Waals surface area contributed by atoms with Gasteiger partial charge in [-0.1, -0.05) is 29.3 Å². The molecule has 1 aromatic carbocycles. The van der Waals surface area contributed by atoms with Gasteiger partial charge < -0.3 is 12.6 Å². The van der Waals surface area contributed by atoms with Crippen LogP contribution in [0, 0.1) is 13.8 Å². The van der Waals surface area contributed by atoms with Gasteiger partial charge in [0.1, 0.15) is 0 Å². The van der Waals surface area contributed by atoms with Crippen LogP contribution in [-0.2, 0) is 12.6 Å². The first-order chi connectivity index (χ1) is 4.20. The van der Waals surface area contributed by atoms with E-state index < -0.39 is 0 Å². The molecule has 0 N–H and O–H groups in total. The zero-order valence-electron chi connectivity index (χ0n) is 6.64. The second kappa shape index (κ2) is 4.35. The summed E-state index contributed by atoms with van der Waals surface area (Å²) >= 11 is 5.04. The van der Waals surface area contributed by atoms with Gasteiger partial charge in [-0.25, -0.2) is 0 Å². The number of aryl methyl sites for hydroxylation is 2. The Morgan fingerprint density at radius 3 is 2.20 bits per heavy atom. The average molecular weight is 160 g/mol. The molecule has 1 rings (SSSR count). The minimum Gasteiger partial charge on any atom is -0.779 e. The first-order valence-electron chi connectivity index (χ1n) is 2.94. The standard InChI is InChI=1S/C8H10S.Na/c1-6-3-4-7(2)8(9)5-6;/h3-5,9H,1-2H3;/q;+1/p-1. The van der Waals surface area contributed by atoms with Crippen molar-refractivity contribution in [3.63, 3.8) is 0 Å². The van der Waals surface area contributed by atoms with Crippen molar-refractivity contribution in [1.82, 2.24) is 0 Å². The molecule has 0 nitrogen and oxygen atoms in total. The molecule has 2 heteroatoms. The summed E-state index contributed by atoms with van der Waals surface area (Å²) in [4.78, 5) is 0.968. The molecule has 0 heterocycles. The van der Waals surface area contributed by atoms with Crippen LogP contribution in [0.15, 0.2) is 23.1 Å². The minimum absolute atomic E-state index is 0. The summed E-state index contributed by atoms with van der Waals surface area (Å²) in [6, 6.07) is 6.15. The van der Waals surface area contributed by atoms with Gasteiger partial charge in [-0.2, -0.15) is 4.90 Å². The Balaban J connectivity index is 0.000000810. The van der Waals surface area contributed by atoms with Crippen molar-refractivity contribution in [3.8, 4) is 0 Å². The van der Waals surface area contributed by atoms with Gasteiger partial charge in [0.25, 0.3) is 0 Å². The van der Waals surface area contributed by atoms with Crippen molar-refractivity contribution in [1.29, 1.82) is 0 Å². The Bertz CT molecular complexity index is 220. The maximum Gasteiger partial charge on any atom is 1.00 e. The zero-order valence-corrected chi connectivity index (χ0v) is 9.46. The number of hydrogen-bond acceptors (Lipinski definition) is 1. The van der Waals surface area contributed by atoms with Crippen molar-refractivity contribution in [2.45, 2.75) is 18.7 Å². The molecular formula is C8H9NaS. The molecule has 48 valence electrons. The van der Waals surface area contributed by atoms with Crippen molar-refractivity contribution in [2.75, 3.05) is 0 Å². The summed E-state index contributed by atoms with van der Waals surface area (Å²) in [5.41, 5.74) is 2.43. The quantitative estimate of drug-likeness (QED) is 0.354. The van der Waals surface area contributed by atoms with Crippen LogP contribution < -0.4 is 29.6 Å². The molecule has 0 aromatic heterocycles. The van der Waals surface area contributed by atoms with Crippen molar-refractivity contribution >= 4 is 12.6 Å². The van der Waals surface area contributed by atoms with Gasteiger partial charge >= 0.3 is 29.6 Å². The van der Waals surface area contributed by atoms with Crippen LogP contribution in [0.4, 0.5) is 0 Å². The van der Waals surface area contributed by atoms with E-state index in [1.807, 2.05) is 13.0 Å². The SMILES string of the molecule is Cc1ccc(C)c([S-])c1.[Na+]. The van der Waals surface area contributed by atoms with Crippen LogP contribution in [0.3, 0.4) is 0 Å². The van der Waals surface area contributed by atoms with Gasteiger partial charge in [0.15, 0.2) is 0 Å². The molecule has 0 bridgehead atoms. The van der Waals surface area contributed by atoms with Gasteiger partial charge in [-0.15, -0.1) is 0 Å². The summed E-state index contributed by atoms with van der Waals surface area (Å²) in [6.07, 6.45) is 0. The molecule has 0 spiro atoms. The van der Waals surface area contributed by atoms with Crippen LogP contribution in [0.5, 0.6) is 0 Å². The molecule has 1 aromatic rings. The Morgan fingerprint density at radius 2 is 1.80 bits per heavy atom. The molecule has 0 saturated heterocycles. The molecule has 0 amide bonds. The predicted molar refractivity (Wildman–Crippen MR) is 41.5 cm³/mol. The first kappa shape index (κ1) is 10.4. The Hall–Kier alpha value is 0.440. The fourth-order valence-corrected chi connectivity index (χ4v) is 0.961. The summed E-state index contributed by atoms with van der Waals surface area (Å²) in [5, 5.41) is 0. The monoisotopic (exact) mass is 160 g/mol. The maximum absolute atomic E-state index is 5.04. The minimum atomic E-state index is 0. The molecule has 0 saturated carbocycles. The molecule has 10 heavy (non-hydrogen) atoms. The molecule has 0 unspecified atom stereocenters. The van der Waals surface area contributed by atoms with Crippen LogP contribution in [0.25, 0.3) is 0 Å². The number of hydrogen-bond donors (Lipinski definition) is 0. The van der Waals surface area contributed by atoms with E-state index in [1.165, 1.54) is 11.1 Å². The second-order valence-electron chi connectivity index (χ2n) is 2.27. The van der Waals surface area contributed by atoms with E-state index in [4.69, 9.17) is 12.6 Å². The third-order valence-electron chi connectivity index (χ3n) is 1.34. The third-order valence-corrected chi connectivity index (χ3v) is 1.78. The molecule has 0 aliphatic carbocycles. The smallest absolute Gasteiger partial charge is 0.779 e. The summed E-state index contributed by atoms with van der Waals surface area (Å²) in [7, 11) is 0. The Labute approximate surface area is 89.7 Å². The van der Waals surface area contributed by atoms with Crippen LogP contribution >= 0.6 is 0 Å². The zero-order chi connectivity index (χ0) is 6.85. The molecule has 0 atom stereocenters. The topological polar surface area (TPSA) is 0 Å². The summed E-state index contributed by atoms with van der Waals surface area (Å²) < 4.78 is 0. The third kappa shape index (κ3) is 2.59. The van der Waals surface area contributed by atoms with Crippen molar-refractivity contribution in [3.05, 3.63) is 29.3 Å². The van der Waals surface area contributed by atoms with E-state index in [2.05, 4.69) is 19.1 Å². The van der Waals surface area contributed by atoms with E-state index in [9.17, 15) is 0 Å². The largest absolute Gasteiger partial charge is 1.00 e. The van der Waals surface area contributed by atoms with E-state index in [1.54, 1.807) is 0 Å². The predicted octanol–water partition coefficient (Wildman–Crippen LogP) is -0.787. The number of benzene rings is 1. The molecule has 0 radical (unpaired) electrons. The second-order valence-corrected chi connectivity index (χ2v) is 2.71. The van der Waals surface area contributed by atoms with Crippen molar-refractivity contribution < 1.29 is 29.6 Å². The van der Waals surface area contributed by atoms with Crippen LogP contribution in [0.1, 0.15) is 11.1 Å².